The number of rotatable bonds is 5. The molecule has 21 heavy (non-hydrogen) atoms. The van der Waals surface area contributed by atoms with E-state index in [9.17, 15) is 4.79 Å². The van der Waals surface area contributed by atoms with Crippen molar-refractivity contribution < 1.29 is 19.4 Å². The first-order valence-corrected chi connectivity index (χ1v) is 6.17. The Bertz CT molecular complexity index is 671. The molecule has 0 bridgehead atoms. The lowest BCUT2D eigenvalue weighted by Gasteiger charge is -2.13. The van der Waals surface area contributed by atoms with Crippen LogP contribution in [0.3, 0.4) is 0 Å². The second kappa shape index (κ2) is 6.04. The summed E-state index contributed by atoms with van der Waals surface area (Å²) in [4.78, 5) is 10.9. The molecule has 0 atom stereocenters. The first kappa shape index (κ1) is 14.5. The highest BCUT2D eigenvalue weighted by atomic mass is 16.5. The molecule has 0 aromatic heterocycles. The van der Waals surface area contributed by atoms with Crippen LogP contribution >= 0.6 is 0 Å². The summed E-state index contributed by atoms with van der Waals surface area (Å²) in [6.07, 6.45) is 0. The highest BCUT2D eigenvalue weighted by Crippen LogP contribution is 2.32. The summed E-state index contributed by atoms with van der Waals surface area (Å²) in [5.74, 6) is 0.194. The molecule has 6 heteroatoms. The minimum Gasteiger partial charge on any atom is -0.493 e. The third-order valence-corrected chi connectivity index (χ3v) is 2.96. The van der Waals surface area contributed by atoms with Crippen molar-refractivity contribution in [2.75, 3.05) is 25.3 Å². The lowest BCUT2D eigenvalue weighted by atomic mass is 10.1. The Morgan fingerprint density at radius 2 is 1.81 bits per heavy atom. The standard InChI is InChI=1S/C15H16N2O4/c1-20-13-6-4-10(8-14(13)21-2)17-12-5-3-9(15(18)19)7-11(12)16/h3-8,17H,16H2,1-2H3,(H,18,19). The number of nitrogen functional groups attached to an aromatic ring is 1. The normalized spacial score (nSPS) is 10.0. The molecule has 0 radical (unpaired) electrons. The van der Waals surface area contributed by atoms with E-state index in [-0.39, 0.29) is 5.56 Å². The number of nitrogens with one attached hydrogen (secondary N) is 1. The Morgan fingerprint density at radius 1 is 1.10 bits per heavy atom. The van der Waals surface area contributed by atoms with E-state index >= 15 is 0 Å². The number of ether oxygens (including phenoxy) is 2. The quantitative estimate of drug-likeness (QED) is 0.732. The van der Waals surface area contributed by atoms with Gasteiger partial charge in [0.1, 0.15) is 0 Å². The fraction of sp³-hybridized carbons (Fsp3) is 0.133. The maximum absolute atomic E-state index is 10.9. The zero-order valence-electron chi connectivity index (χ0n) is 11.7. The van der Waals surface area contributed by atoms with Gasteiger partial charge in [0.2, 0.25) is 0 Å². The van der Waals surface area contributed by atoms with Crippen molar-refractivity contribution in [3.05, 3.63) is 42.0 Å². The number of carboxylic acids is 1. The van der Waals surface area contributed by atoms with Gasteiger partial charge in [-0.15, -0.1) is 0 Å². The molecule has 0 saturated heterocycles. The fourth-order valence-corrected chi connectivity index (χ4v) is 1.88. The van der Waals surface area contributed by atoms with E-state index in [1.807, 2.05) is 6.07 Å². The minimum absolute atomic E-state index is 0.144. The summed E-state index contributed by atoms with van der Waals surface area (Å²) in [5.41, 5.74) is 7.72. The molecule has 0 aliphatic carbocycles. The SMILES string of the molecule is COc1ccc(Nc2ccc(C(=O)O)cc2N)cc1OC. The average Bonchev–Trinajstić information content (AvgIpc) is 2.48. The number of hydrogen-bond acceptors (Lipinski definition) is 5. The van der Waals surface area contributed by atoms with Gasteiger partial charge >= 0.3 is 5.97 Å². The predicted octanol–water partition coefficient (Wildman–Crippen LogP) is 2.73. The summed E-state index contributed by atoms with van der Waals surface area (Å²) in [7, 11) is 3.12. The molecule has 6 nitrogen and oxygen atoms in total. The molecule has 110 valence electrons. The summed E-state index contributed by atoms with van der Waals surface area (Å²) < 4.78 is 10.4. The maximum Gasteiger partial charge on any atom is 0.335 e. The van der Waals surface area contributed by atoms with Crippen molar-refractivity contribution in [1.82, 2.24) is 0 Å². The van der Waals surface area contributed by atoms with E-state index in [1.165, 1.54) is 12.1 Å². The van der Waals surface area contributed by atoms with Crippen LogP contribution in [0.15, 0.2) is 36.4 Å². The van der Waals surface area contributed by atoms with Crippen LogP contribution < -0.4 is 20.5 Å². The van der Waals surface area contributed by atoms with Gasteiger partial charge in [0.15, 0.2) is 11.5 Å². The van der Waals surface area contributed by atoms with Crippen molar-refractivity contribution in [2.24, 2.45) is 0 Å². The second-order valence-corrected chi connectivity index (χ2v) is 4.30. The maximum atomic E-state index is 10.9. The van der Waals surface area contributed by atoms with E-state index in [0.717, 1.165) is 5.69 Å². The Balaban J connectivity index is 2.28. The summed E-state index contributed by atoms with van der Waals surface area (Å²) in [5, 5.41) is 12.0. The zero-order chi connectivity index (χ0) is 15.4. The monoisotopic (exact) mass is 288 g/mol. The van der Waals surface area contributed by atoms with Gasteiger partial charge in [-0.1, -0.05) is 0 Å². The lowest BCUT2D eigenvalue weighted by molar-refractivity contribution is 0.0697. The van der Waals surface area contributed by atoms with Crippen LogP contribution in [0.4, 0.5) is 17.1 Å². The van der Waals surface area contributed by atoms with Gasteiger partial charge in [0.25, 0.3) is 0 Å². The highest BCUT2D eigenvalue weighted by Gasteiger charge is 2.08. The Hall–Kier alpha value is -2.89. The molecule has 4 N–H and O–H groups in total. The summed E-state index contributed by atoms with van der Waals surface area (Å²) in [6.45, 7) is 0. The Labute approximate surface area is 122 Å². The fourth-order valence-electron chi connectivity index (χ4n) is 1.88. The van der Waals surface area contributed by atoms with E-state index in [1.54, 1.807) is 32.4 Å². The van der Waals surface area contributed by atoms with E-state index < -0.39 is 5.97 Å². The molecule has 2 aromatic rings. The molecular weight excluding hydrogens is 272 g/mol. The molecule has 0 amide bonds. The first-order valence-electron chi connectivity index (χ1n) is 6.17. The van der Waals surface area contributed by atoms with Crippen LogP contribution in [0.5, 0.6) is 11.5 Å². The third-order valence-electron chi connectivity index (χ3n) is 2.96. The molecule has 0 heterocycles. The van der Waals surface area contributed by atoms with Crippen LogP contribution in [0.1, 0.15) is 10.4 Å². The van der Waals surface area contributed by atoms with E-state index in [0.29, 0.717) is 22.9 Å². The average molecular weight is 288 g/mol. The molecule has 0 aliphatic rings. The number of anilines is 3. The number of carboxylic acid groups (broad SMARTS) is 1. The van der Waals surface area contributed by atoms with E-state index in [4.69, 9.17) is 20.3 Å². The number of nitrogens with two attached hydrogens (primary N) is 1. The number of hydrogen-bond donors (Lipinski definition) is 3. The first-order chi connectivity index (χ1) is 10.0. The Morgan fingerprint density at radius 3 is 2.38 bits per heavy atom. The molecule has 2 rings (SSSR count). The van der Waals surface area contributed by atoms with Crippen LogP contribution in [-0.4, -0.2) is 25.3 Å². The van der Waals surface area contributed by atoms with Crippen molar-refractivity contribution in [3.8, 4) is 11.5 Å². The molecule has 0 unspecified atom stereocenters. The van der Waals surface area contributed by atoms with Gasteiger partial charge in [-0.25, -0.2) is 4.79 Å². The highest BCUT2D eigenvalue weighted by molar-refractivity contribution is 5.90. The van der Waals surface area contributed by atoms with Crippen LogP contribution in [0.2, 0.25) is 0 Å². The van der Waals surface area contributed by atoms with Gasteiger partial charge < -0.3 is 25.6 Å². The van der Waals surface area contributed by atoms with Crippen LogP contribution in [-0.2, 0) is 0 Å². The second-order valence-electron chi connectivity index (χ2n) is 4.30. The van der Waals surface area contributed by atoms with Crippen molar-refractivity contribution in [3.63, 3.8) is 0 Å². The van der Waals surface area contributed by atoms with E-state index in [2.05, 4.69) is 5.32 Å². The summed E-state index contributed by atoms with van der Waals surface area (Å²) >= 11 is 0. The molecule has 0 saturated carbocycles. The number of aromatic carboxylic acids is 1. The number of benzene rings is 2. The van der Waals surface area contributed by atoms with Crippen molar-refractivity contribution >= 4 is 23.0 Å². The topological polar surface area (TPSA) is 93.8 Å². The predicted molar refractivity (Wildman–Crippen MR) is 80.6 cm³/mol. The molecule has 2 aromatic carbocycles. The van der Waals surface area contributed by atoms with Gasteiger partial charge in [-0.05, 0) is 30.3 Å². The zero-order valence-corrected chi connectivity index (χ0v) is 11.7. The van der Waals surface area contributed by atoms with Crippen molar-refractivity contribution in [2.45, 2.75) is 0 Å². The lowest BCUT2D eigenvalue weighted by Crippen LogP contribution is -2.01. The number of carbonyl (C=O) groups is 1. The smallest absolute Gasteiger partial charge is 0.335 e. The van der Waals surface area contributed by atoms with Gasteiger partial charge in [0.05, 0.1) is 31.2 Å². The molecule has 0 aliphatic heterocycles. The summed E-state index contributed by atoms with van der Waals surface area (Å²) in [6, 6.07) is 9.86. The van der Waals surface area contributed by atoms with Gasteiger partial charge in [0, 0.05) is 11.8 Å². The van der Waals surface area contributed by atoms with Gasteiger partial charge in [-0.3, -0.25) is 0 Å². The van der Waals surface area contributed by atoms with Crippen LogP contribution in [0, 0.1) is 0 Å². The van der Waals surface area contributed by atoms with Crippen molar-refractivity contribution in [1.29, 1.82) is 0 Å². The number of methoxy groups -OCH3 is 2. The molecular formula is C15H16N2O4. The third kappa shape index (κ3) is 3.17. The van der Waals surface area contributed by atoms with Gasteiger partial charge in [-0.2, -0.15) is 0 Å². The van der Waals surface area contributed by atoms with Crippen LogP contribution in [0.25, 0.3) is 0 Å². The molecule has 0 fully saturated rings. The largest absolute Gasteiger partial charge is 0.493 e. The Kier molecular flexibility index (Phi) is 4.18. The molecule has 0 spiro atoms. The minimum atomic E-state index is -1.01.